The Kier molecular flexibility index (Phi) is 12.9. The minimum atomic E-state index is 0.622. The minimum Gasteiger partial charge on any atom is -0.494 e. The lowest BCUT2D eigenvalue weighted by Crippen LogP contribution is -2.06. The summed E-state index contributed by atoms with van der Waals surface area (Å²) in [6, 6.07) is 16.3. The van der Waals surface area contributed by atoms with Crippen molar-refractivity contribution in [2.75, 3.05) is 26.4 Å². The largest absolute Gasteiger partial charge is 0.494 e. The zero-order chi connectivity index (χ0) is 19.7. The molecule has 0 saturated heterocycles. The van der Waals surface area contributed by atoms with Crippen LogP contribution in [0.4, 0.5) is 0 Å². The first-order valence-electron chi connectivity index (χ1n) is 10.1. The number of benzene rings is 2. The summed E-state index contributed by atoms with van der Waals surface area (Å²) in [5.41, 5.74) is 2.53. The molecule has 27 heavy (non-hydrogen) atoms. The predicted octanol–water partition coefficient (Wildman–Crippen LogP) is 6.36. The summed E-state index contributed by atoms with van der Waals surface area (Å²) in [6.07, 6.45) is 5.05. The van der Waals surface area contributed by atoms with Crippen molar-refractivity contribution in [1.29, 1.82) is 0 Å². The van der Waals surface area contributed by atoms with Gasteiger partial charge in [-0.1, -0.05) is 61.6 Å². The smallest absolute Gasteiger partial charge is 0.119 e. The molecule has 0 aliphatic rings. The molecule has 2 aromatic rings. The molecule has 0 radical (unpaired) electrons. The summed E-state index contributed by atoms with van der Waals surface area (Å²) >= 11 is 0. The Morgan fingerprint density at radius 3 is 1.59 bits per heavy atom. The van der Waals surface area contributed by atoms with Crippen LogP contribution in [0.15, 0.2) is 48.5 Å². The van der Waals surface area contributed by atoms with Gasteiger partial charge in [0.2, 0.25) is 0 Å². The standard InChI is InChI=1S/C13H20O.C11H16O2/c1-3-4-5-6-11-14-13-9-7-12(2)8-10-13;1-3-12-8-9-13-11-6-4-10(2)5-7-11/h7-10H,3-6,11H2,1-2H3;4-7H,3,8-9H2,1-2H3. The van der Waals surface area contributed by atoms with Crippen molar-refractivity contribution in [3.63, 3.8) is 0 Å². The molecule has 0 heterocycles. The molecule has 0 atom stereocenters. The van der Waals surface area contributed by atoms with E-state index in [9.17, 15) is 0 Å². The molecular formula is C24H36O3. The molecule has 3 nitrogen and oxygen atoms in total. The van der Waals surface area contributed by atoms with Gasteiger partial charge in [-0.25, -0.2) is 0 Å². The third-order valence-electron chi connectivity index (χ3n) is 4.01. The fraction of sp³-hybridized carbons (Fsp3) is 0.500. The molecule has 0 N–H and O–H groups in total. The molecule has 0 aromatic heterocycles. The first kappa shape index (κ1) is 23.0. The maximum Gasteiger partial charge on any atom is 0.119 e. The van der Waals surface area contributed by atoms with E-state index in [4.69, 9.17) is 14.2 Å². The third-order valence-corrected chi connectivity index (χ3v) is 4.01. The molecule has 0 bridgehead atoms. The Balaban J connectivity index is 0.000000271. The van der Waals surface area contributed by atoms with Gasteiger partial charge in [-0.3, -0.25) is 0 Å². The number of hydrogen-bond donors (Lipinski definition) is 0. The van der Waals surface area contributed by atoms with E-state index >= 15 is 0 Å². The van der Waals surface area contributed by atoms with Crippen molar-refractivity contribution in [2.24, 2.45) is 0 Å². The number of rotatable bonds is 11. The van der Waals surface area contributed by atoms with Crippen LogP contribution in [0.2, 0.25) is 0 Å². The van der Waals surface area contributed by atoms with Crippen LogP contribution in [0.1, 0.15) is 50.7 Å². The fourth-order valence-corrected chi connectivity index (χ4v) is 2.35. The Hall–Kier alpha value is -2.00. The number of unbranched alkanes of at least 4 members (excludes halogenated alkanes) is 3. The van der Waals surface area contributed by atoms with Crippen LogP contribution in [0, 0.1) is 13.8 Å². The van der Waals surface area contributed by atoms with Gasteiger partial charge in [-0.05, 0) is 51.5 Å². The van der Waals surface area contributed by atoms with E-state index in [0.717, 1.165) is 24.7 Å². The van der Waals surface area contributed by atoms with E-state index in [2.05, 4.69) is 32.9 Å². The zero-order valence-electron chi connectivity index (χ0n) is 17.5. The molecule has 2 rings (SSSR count). The van der Waals surface area contributed by atoms with Crippen molar-refractivity contribution >= 4 is 0 Å². The topological polar surface area (TPSA) is 27.7 Å². The van der Waals surface area contributed by atoms with E-state index in [1.807, 2.05) is 43.3 Å². The summed E-state index contributed by atoms with van der Waals surface area (Å²) in [6.45, 7) is 11.2. The molecule has 150 valence electrons. The van der Waals surface area contributed by atoms with Crippen LogP contribution < -0.4 is 9.47 Å². The molecule has 0 fully saturated rings. The van der Waals surface area contributed by atoms with Crippen molar-refractivity contribution < 1.29 is 14.2 Å². The van der Waals surface area contributed by atoms with Crippen LogP contribution in [0.25, 0.3) is 0 Å². The van der Waals surface area contributed by atoms with E-state index in [-0.39, 0.29) is 0 Å². The zero-order valence-corrected chi connectivity index (χ0v) is 17.5. The summed E-state index contributed by atoms with van der Waals surface area (Å²) in [4.78, 5) is 0. The highest BCUT2D eigenvalue weighted by Gasteiger charge is 1.93. The Labute approximate surface area is 165 Å². The van der Waals surface area contributed by atoms with E-state index in [1.165, 1.54) is 36.8 Å². The second-order valence-corrected chi connectivity index (χ2v) is 6.58. The highest BCUT2D eigenvalue weighted by molar-refractivity contribution is 5.26. The van der Waals surface area contributed by atoms with Crippen molar-refractivity contribution in [1.82, 2.24) is 0 Å². The Morgan fingerprint density at radius 1 is 0.593 bits per heavy atom. The van der Waals surface area contributed by atoms with Crippen molar-refractivity contribution in [3.8, 4) is 11.5 Å². The number of hydrogen-bond acceptors (Lipinski definition) is 3. The lowest BCUT2D eigenvalue weighted by Gasteiger charge is -2.05. The van der Waals surface area contributed by atoms with E-state index in [1.54, 1.807) is 0 Å². The van der Waals surface area contributed by atoms with Gasteiger partial charge >= 0.3 is 0 Å². The molecule has 0 saturated carbocycles. The second kappa shape index (κ2) is 15.1. The fourth-order valence-electron chi connectivity index (χ4n) is 2.35. The molecular weight excluding hydrogens is 336 g/mol. The Bertz CT molecular complexity index is 576. The van der Waals surface area contributed by atoms with Crippen LogP contribution in [-0.2, 0) is 4.74 Å². The SMILES string of the molecule is CCCCCCOc1ccc(C)cc1.CCOCCOc1ccc(C)cc1. The molecule has 0 amide bonds. The first-order valence-corrected chi connectivity index (χ1v) is 10.1. The third kappa shape index (κ3) is 12.1. The molecule has 3 heteroatoms. The summed E-state index contributed by atoms with van der Waals surface area (Å²) in [5, 5.41) is 0. The average Bonchev–Trinajstić information content (AvgIpc) is 2.68. The van der Waals surface area contributed by atoms with Gasteiger partial charge in [0.15, 0.2) is 0 Å². The van der Waals surface area contributed by atoms with Gasteiger partial charge in [-0.2, -0.15) is 0 Å². The van der Waals surface area contributed by atoms with Gasteiger partial charge in [0.1, 0.15) is 18.1 Å². The van der Waals surface area contributed by atoms with Crippen LogP contribution in [0.3, 0.4) is 0 Å². The predicted molar refractivity (Wildman–Crippen MR) is 114 cm³/mol. The number of aryl methyl sites for hydroxylation is 2. The van der Waals surface area contributed by atoms with Gasteiger partial charge in [0.05, 0.1) is 13.2 Å². The molecule has 0 unspecified atom stereocenters. The lowest BCUT2D eigenvalue weighted by atomic mass is 10.2. The molecule has 0 aliphatic carbocycles. The summed E-state index contributed by atoms with van der Waals surface area (Å²) in [7, 11) is 0. The van der Waals surface area contributed by atoms with Crippen LogP contribution in [-0.4, -0.2) is 26.4 Å². The average molecular weight is 373 g/mol. The van der Waals surface area contributed by atoms with Gasteiger partial charge in [0, 0.05) is 6.61 Å². The monoisotopic (exact) mass is 372 g/mol. The Morgan fingerprint density at radius 2 is 1.11 bits per heavy atom. The quantitative estimate of drug-likeness (QED) is 0.429. The highest BCUT2D eigenvalue weighted by Crippen LogP contribution is 2.12. The van der Waals surface area contributed by atoms with Crippen molar-refractivity contribution in [2.45, 2.75) is 53.4 Å². The first-order chi connectivity index (χ1) is 13.2. The maximum absolute atomic E-state index is 5.61. The van der Waals surface area contributed by atoms with Crippen LogP contribution >= 0.6 is 0 Å². The van der Waals surface area contributed by atoms with Gasteiger partial charge in [-0.15, -0.1) is 0 Å². The highest BCUT2D eigenvalue weighted by atomic mass is 16.5. The van der Waals surface area contributed by atoms with Crippen molar-refractivity contribution in [3.05, 3.63) is 59.7 Å². The second-order valence-electron chi connectivity index (χ2n) is 6.58. The van der Waals surface area contributed by atoms with E-state index in [0.29, 0.717) is 13.2 Å². The normalized spacial score (nSPS) is 10.1. The summed E-state index contributed by atoms with van der Waals surface area (Å²) < 4.78 is 16.2. The molecule has 2 aromatic carbocycles. The van der Waals surface area contributed by atoms with Crippen LogP contribution in [0.5, 0.6) is 11.5 Å². The number of ether oxygens (including phenoxy) is 3. The summed E-state index contributed by atoms with van der Waals surface area (Å²) in [5.74, 6) is 1.90. The molecule has 0 spiro atoms. The van der Waals surface area contributed by atoms with E-state index < -0.39 is 0 Å². The minimum absolute atomic E-state index is 0.622. The van der Waals surface area contributed by atoms with Gasteiger partial charge in [0.25, 0.3) is 0 Å². The van der Waals surface area contributed by atoms with Gasteiger partial charge < -0.3 is 14.2 Å². The molecule has 0 aliphatic heterocycles. The maximum atomic E-state index is 5.61. The lowest BCUT2D eigenvalue weighted by molar-refractivity contribution is 0.110.